The second-order valence-electron chi connectivity index (χ2n) is 17.3. The van der Waals surface area contributed by atoms with E-state index in [9.17, 15) is 0 Å². The minimum absolute atomic E-state index is 0.126. The minimum Gasteiger partial charge on any atom is -0.355 e. The number of aromatic nitrogens is 1. The van der Waals surface area contributed by atoms with E-state index in [4.69, 9.17) is 0 Å². The molecule has 54 heavy (non-hydrogen) atoms. The molecule has 0 unspecified atom stereocenters. The molecule has 0 saturated carbocycles. The summed E-state index contributed by atoms with van der Waals surface area (Å²) in [5, 5.41) is 11.9. The molecule has 2 nitrogen and oxygen atoms in total. The number of anilines is 2. The zero-order chi connectivity index (χ0) is 36.7. The molecule has 1 aliphatic carbocycles. The van der Waals surface area contributed by atoms with Crippen molar-refractivity contribution in [2.45, 2.75) is 65.2 Å². The average Bonchev–Trinajstić information content (AvgIpc) is 3.70. The maximum Gasteiger partial charge on any atom is 0.197 e. The van der Waals surface area contributed by atoms with E-state index in [-0.39, 0.29) is 10.8 Å². The van der Waals surface area contributed by atoms with Crippen molar-refractivity contribution in [1.82, 2.24) is 4.57 Å². The Morgan fingerprint density at radius 1 is 0.648 bits per heavy atom. The second kappa shape index (κ2) is 11.1. The standard InChI is InChI=1S/C50H42BN2S/c1-28-22-36(46-43(23-28)53-42-26-31-13-8-7-12-30(31)25-35(42)33-15-11-16-39(51-46)47(33)53)45-40(19-18-34-32-14-9-10-17-44(32)54-48(34)45)52-41-27-38-37(24-29(41)2)49(3,4)20-21-50(38,5)6/h7-19,22-27,52H,20-21H2,1-6H3. The van der Waals surface area contributed by atoms with Gasteiger partial charge in [-0.1, -0.05) is 112 Å². The Labute approximate surface area is 321 Å². The van der Waals surface area contributed by atoms with Gasteiger partial charge in [-0.3, -0.25) is 0 Å². The van der Waals surface area contributed by atoms with Crippen LogP contribution < -0.4 is 16.2 Å². The number of para-hydroxylation sites is 1. The highest BCUT2D eigenvalue weighted by Crippen LogP contribution is 2.49. The lowest BCUT2D eigenvalue weighted by Crippen LogP contribution is -2.37. The summed E-state index contributed by atoms with van der Waals surface area (Å²) < 4.78 is 5.20. The van der Waals surface area contributed by atoms with Crippen LogP contribution in [0.3, 0.4) is 0 Å². The van der Waals surface area contributed by atoms with Gasteiger partial charge in [-0.25, -0.2) is 0 Å². The number of aryl methyl sites for hydroxylation is 2. The second-order valence-corrected chi connectivity index (χ2v) is 18.3. The quantitative estimate of drug-likeness (QED) is 0.180. The van der Waals surface area contributed by atoms with E-state index in [2.05, 4.69) is 174 Å². The molecule has 0 bridgehead atoms. The first-order valence-corrected chi connectivity index (χ1v) is 20.2. The van der Waals surface area contributed by atoms with Crippen molar-refractivity contribution in [3.63, 3.8) is 0 Å². The average molecular weight is 714 g/mol. The molecule has 4 heteroatoms. The number of rotatable bonds is 3. The van der Waals surface area contributed by atoms with E-state index < -0.39 is 0 Å². The van der Waals surface area contributed by atoms with Crippen LogP contribution in [-0.4, -0.2) is 11.8 Å². The number of hydrogen-bond acceptors (Lipinski definition) is 2. The van der Waals surface area contributed by atoms with Gasteiger partial charge in [-0.15, -0.1) is 11.3 Å². The molecule has 1 N–H and O–H groups in total. The molecule has 0 spiro atoms. The summed E-state index contributed by atoms with van der Waals surface area (Å²) in [6, 6.07) is 43.7. The molecular formula is C50H42BN2S. The maximum atomic E-state index is 4.09. The molecule has 0 saturated heterocycles. The normalized spacial score (nSPS) is 15.5. The summed E-state index contributed by atoms with van der Waals surface area (Å²) in [5.74, 6) is 0. The Kier molecular flexibility index (Phi) is 6.62. The fourth-order valence-corrected chi connectivity index (χ4v) is 11.0. The van der Waals surface area contributed by atoms with Crippen molar-refractivity contribution in [2.75, 3.05) is 5.32 Å². The summed E-state index contributed by atoms with van der Waals surface area (Å²) in [6.45, 7) is 14.2. The lowest BCUT2D eigenvalue weighted by atomic mass is 9.59. The van der Waals surface area contributed by atoms with Gasteiger partial charge >= 0.3 is 0 Å². The van der Waals surface area contributed by atoms with Crippen molar-refractivity contribution in [2.24, 2.45) is 0 Å². The van der Waals surface area contributed by atoms with Gasteiger partial charge < -0.3 is 9.88 Å². The predicted molar refractivity (Wildman–Crippen MR) is 236 cm³/mol. The molecule has 0 fully saturated rings. The lowest BCUT2D eigenvalue weighted by molar-refractivity contribution is 0.332. The highest BCUT2D eigenvalue weighted by Gasteiger charge is 2.37. The summed E-state index contributed by atoms with van der Waals surface area (Å²) in [4.78, 5) is 0. The van der Waals surface area contributed by atoms with Crippen molar-refractivity contribution in [1.29, 1.82) is 0 Å². The molecule has 2 aromatic heterocycles. The Balaban J connectivity index is 1.19. The summed E-state index contributed by atoms with van der Waals surface area (Å²) in [5.41, 5.74) is 17.0. The number of hydrogen-bond donors (Lipinski definition) is 1. The molecular weight excluding hydrogens is 671 g/mol. The number of benzene rings is 7. The van der Waals surface area contributed by atoms with E-state index in [1.807, 2.05) is 11.3 Å². The molecule has 7 aromatic carbocycles. The Morgan fingerprint density at radius 3 is 2.19 bits per heavy atom. The van der Waals surface area contributed by atoms with E-state index in [0.29, 0.717) is 0 Å². The molecule has 261 valence electrons. The lowest BCUT2D eigenvalue weighted by Gasteiger charge is -2.42. The van der Waals surface area contributed by atoms with Crippen molar-refractivity contribution in [3.8, 4) is 16.8 Å². The molecule has 0 atom stereocenters. The van der Waals surface area contributed by atoms with Gasteiger partial charge in [0.2, 0.25) is 0 Å². The van der Waals surface area contributed by atoms with Gasteiger partial charge in [-0.05, 0) is 118 Å². The van der Waals surface area contributed by atoms with Gasteiger partial charge in [0.25, 0.3) is 0 Å². The molecule has 11 rings (SSSR count). The molecule has 9 aromatic rings. The van der Waals surface area contributed by atoms with Crippen LogP contribution in [0.2, 0.25) is 0 Å². The van der Waals surface area contributed by atoms with Crippen LogP contribution in [0.1, 0.15) is 62.8 Å². The van der Waals surface area contributed by atoms with Crippen LogP contribution in [0.25, 0.3) is 69.6 Å². The van der Waals surface area contributed by atoms with Gasteiger partial charge in [0.1, 0.15) is 0 Å². The van der Waals surface area contributed by atoms with E-state index in [1.165, 1.54) is 121 Å². The van der Waals surface area contributed by atoms with Crippen molar-refractivity contribution in [3.05, 3.63) is 138 Å². The van der Waals surface area contributed by atoms with E-state index in [0.717, 1.165) is 5.69 Å². The number of fused-ring (bicyclic) bond motifs is 10. The number of nitrogens with zero attached hydrogens (tertiary/aromatic N) is 1. The van der Waals surface area contributed by atoms with Crippen LogP contribution in [0, 0.1) is 13.8 Å². The summed E-state index contributed by atoms with van der Waals surface area (Å²) >= 11 is 1.92. The van der Waals surface area contributed by atoms with Gasteiger partial charge in [0.05, 0.1) is 5.52 Å². The smallest absolute Gasteiger partial charge is 0.197 e. The number of nitrogens with one attached hydrogen (secondary N) is 1. The number of thiophene rings is 1. The molecule has 0 amide bonds. The molecule has 1 aliphatic heterocycles. The predicted octanol–water partition coefficient (Wildman–Crippen LogP) is 12.6. The van der Waals surface area contributed by atoms with Crippen LogP contribution in [0.15, 0.2) is 115 Å². The monoisotopic (exact) mass is 713 g/mol. The zero-order valence-corrected chi connectivity index (χ0v) is 32.6. The SMILES string of the molecule is Cc1cc(-c2c(Nc3cc4c(cc3C)C(C)(C)CCC4(C)C)ccc3c2sc2ccccc23)c2c(c1)-n1c3cc4ccccc4cc3c3cccc(c31)[B]2. The first-order valence-electron chi connectivity index (χ1n) is 19.4. The fraction of sp³-hybridized carbons (Fsp3) is 0.200. The molecule has 3 heterocycles. The highest BCUT2D eigenvalue weighted by molar-refractivity contribution is 7.26. The third-order valence-electron chi connectivity index (χ3n) is 12.8. The third-order valence-corrected chi connectivity index (χ3v) is 14.0. The van der Waals surface area contributed by atoms with Gasteiger partial charge in [0.15, 0.2) is 7.28 Å². The first-order chi connectivity index (χ1) is 26.1. The summed E-state index contributed by atoms with van der Waals surface area (Å²) in [6.07, 6.45) is 2.40. The first kappa shape index (κ1) is 32.1. The van der Waals surface area contributed by atoms with Gasteiger partial charge in [0, 0.05) is 59.1 Å². The Bertz CT molecular complexity index is 3080. The summed E-state index contributed by atoms with van der Waals surface area (Å²) in [7, 11) is 2.45. The highest BCUT2D eigenvalue weighted by atomic mass is 32.1. The van der Waals surface area contributed by atoms with Crippen molar-refractivity contribution < 1.29 is 0 Å². The largest absolute Gasteiger partial charge is 0.355 e. The van der Waals surface area contributed by atoms with E-state index >= 15 is 0 Å². The molecule has 2 aliphatic rings. The van der Waals surface area contributed by atoms with Crippen LogP contribution >= 0.6 is 11.3 Å². The molecule has 1 radical (unpaired) electrons. The minimum atomic E-state index is 0.126. The van der Waals surface area contributed by atoms with Crippen LogP contribution in [0.4, 0.5) is 11.4 Å². The topological polar surface area (TPSA) is 17.0 Å². The van der Waals surface area contributed by atoms with Crippen LogP contribution in [0.5, 0.6) is 0 Å². The Hall–Kier alpha value is -5.32. The van der Waals surface area contributed by atoms with Crippen LogP contribution in [-0.2, 0) is 10.8 Å². The zero-order valence-electron chi connectivity index (χ0n) is 31.8. The maximum absolute atomic E-state index is 4.09. The van der Waals surface area contributed by atoms with Gasteiger partial charge in [-0.2, -0.15) is 0 Å². The van der Waals surface area contributed by atoms with E-state index in [1.54, 1.807) is 0 Å². The Morgan fingerprint density at radius 2 is 1.37 bits per heavy atom. The van der Waals surface area contributed by atoms with Crippen molar-refractivity contribution >= 4 is 93.7 Å². The third kappa shape index (κ3) is 4.53. The fourth-order valence-electron chi connectivity index (χ4n) is 9.78.